The zero-order valence-corrected chi connectivity index (χ0v) is 7.96. The molecular weight excluding hydrogens is 168 g/mol. The fraction of sp³-hybridized carbons (Fsp3) is 0.556. The van der Waals surface area contributed by atoms with Crippen LogP contribution in [0.3, 0.4) is 0 Å². The largest absolute Gasteiger partial charge is 0.462 e. The monoisotopic (exact) mass is 182 g/mol. The topological polar surface area (TPSA) is 50.7 Å². The van der Waals surface area contributed by atoms with E-state index in [2.05, 4.69) is 10.3 Å². The maximum Gasteiger partial charge on any atom is 0.341 e. The average Bonchev–Trinajstić information content (AvgIpc) is 2.30. The summed E-state index contributed by atoms with van der Waals surface area (Å²) in [6.45, 7) is 5.49. The summed E-state index contributed by atoms with van der Waals surface area (Å²) in [7, 11) is 0. The molecule has 4 heteroatoms. The second kappa shape index (κ2) is 4.64. The lowest BCUT2D eigenvalue weighted by atomic mass is 10.2. The molecule has 0 saturated heterocycles. The third-order valence-electron chi connectivity index (χ3n) is 1.75. The molecule has 0 unspecified atom stereocenters. The lowest BCUT2D eigenvalue weighted by molar-refractivity contribution is -0.137. The summed E-state index contributed by atoms with van der Waals surface area (Å²) in [6, 6.07) is 0. The number of aliphatic imine (C=N–C) groups is 1. The summed E-state index contributed by atoms with van der Waals surface area (Å²) in [6.07, 6.45) is 1.58. The summed E-state index contributed by atoms with van der Waals surface area (Å²) in [5.41, 5.74) is 1.36. The van der Waals surface area contributed by atoms with Crippen molar-refractivity contribution in [3.63, 3.8) is 0 Å². The van der Waals surface area contributed by atoms with Gasteiger partial charge in [-0.1, -0.05) is 0 Å². The molecule has 13 heavy (non-hydrogen) atoms. The molecule has 1 N–H and O–H groups in total. The second-order valence-corrected chi connectivity index (χ2v) is 2.72. The number of carbonyl (C=O) groups is 1. The molecule has 0 spiro atoms. The van der Waals surface area contributed by atoms with Crippen LogP contribution in [0, 0.1) is 0 Å². The third kappa shape index (κ3) is 2.57. The molecule has 1 rings (SSSR count). The van der Waals surface area contributed by atoms with Gasteiger partial charge in [0.25, 0.3) is 0 Å². The quantitative estimate of drug-likeness (QED) is 0.632. The molecule has 0 radical (unpaired) electrons. The minimum absolute atomic E-state index is 0.307. The standard InChI is InChI=1S/C9H14N2O2/c1-3-13-9(12)8-6-10-4-5-11-7(8)2/h6,11H,3-5H2,1-2H3. The maximum atomic E-state index is 11.3. The van der Waals surface area contributed by atoms with Gasteiger partial charge in [0, 0.05) is 18.5 Å². The molecule has 0 aromatic heterocycles. The molecule has 0 fully saturated rings. The molecule has 4 nitrogen and oxygen atoms in total. The predicted octanol–water partition coefficient (Wildman–Crippen LogP) is 0.498. The van der Waals surface area contributed by atoms with Crippen molar-refractivity contribution >= 4 is 12.2 Å². The van der Waals surface area contributed by atoms with Crippen LogP contribution in [0.25, 0.3) is 0 Å². The first-order valence-corrected chi connectivity index (χ1v) is 4.37. The van der Waals surface area contributed by atoms with E-state index in [-0.39, 0.29) is 5.97 Å². The Hall–Kier alpha value is -1.32. The van der Waals surface area contributed by atoms with Crippen molar-refractivity contribution in [1.29, 1.82) is 0 Å². The summed E-state index contributed by atoms with van der Waals surface area (Å²) >= 11 is 0. The van der Waals surface area contributed by atoms with Crippen LogP contribution in [0.4, 0.5) is 0 Å². The smallest absolute Gasteiger partial charge is 0.341 e. The van der Waals surface area contributed by atoms with E-state index in [1.807, 2.05) is 6.92 Å². The van der Waals surface area contributed by atoms with E-state index < -0.39 is 0 Å². The number of hydrogen-bond donors (Lipinski definition) is 1. The van der Waals surface area contributed by atoms with Gasteiger partial charge in [-0.3, -0.25) is 4.99 Å². The average molecular weight is 182 g/mol. The van der Waals surface area contributed by atoms with Gasteiger partial charge in [0.1, 0.15) is 0 Å². The Morgan fingerprint density at radius 3 is 3.23 bits per heavy atom. The van der Waals surface area contributed by atoms with Crippen molar-refractivity contribution in [2.24, 2.45) is 4.99 Å². The molecular formula is C9H14N2O2. The van der Waals surface area contributed by atoms with Crippen molar-refractivity contribution in [1.82, 2.24) is 5.32 Å². The highest BCUT2D eigenvalue weighted by molar-refractivity contribution is 6.10. The second-order valence-electron chi connectivity index (χ2n) is 2.72. The van der Waals surface area contributed by atoms with Crippen molar-refractivity contribution in [2.45, 2.75) is 13.8 Å². The van der Waals surface area contributed by atoms with Crippen molar-refractivity contribution in [3.8, 4) is 0 Å². The van der Waals surface area contributed by atoms with E-state index in [1.54, 1.807) is 13.1 Å². The lowest BCUT2D eigenvalue weighted by Gasteiger charge is -2.06. The Morgan fingerprint density at radius 1 is 1.77 bits per heavy atom. The van der Waals surface area contributed by atoms with Gasteiger partial charge in [0.2, 0.25) is 0 Å². The van der Waals surface area contributed by atoms with Gasteiger partial charge < -0.3 is 10.1 Å². The zero-order valence-electron chi connectivity index (χ0n) is 7.96. The molecule has 0 saturated carbocycles. The summed E-state index contributed by atoms with van der Waals surface area (Å²) in [5, 5.41) is 3.09. The van der Waals surface area contributed by atoms with Gasteiger partial charge in [-0.15, -0.1) is 0 Å². The van der Waals surface area contributed by atoms with Gasteiger partial charge in [-0.2, -0.15) is 0 Å². The van der Waals surface area contributed by atoms with Crippen LogP contribution in [-0.4, -0.2) is 31.9 Å². The number of nitrogens with zero attached hydrogens (tertiary/aromatic N) is 1. The molecule has 0 aromatic rings. The normalized spacial score (nSPS) is 16.5. The van der Waals surface area contributed by atoms with Crippen molar-refractivity contribution in [3.05, 3.63) is 11.3 Å². The number of nitrogens with one attached hydrogen (secondary N) is 1. The van der Waals surface area contributed by atoms with Crippen molar-refractivity contribution in [2.75, 3.05) is 19.7 Å². The number of ether oxygens (including phenoxy) is 1. The molecule has 0 amide bonds. The molecule has 1 aliphatic rings. The SMILES string of the molecule is CCOC(=O)C1=C(C)NCCN=C1. The number of esters is 1. The fourth-order valence-corrected chi connectivity index (χ4v) is 1.07. The molecule has 0 bridgehead atoms. The number of rotatable bonds is 2. The van der Waals surface area contributed by atoms with Crippen molar-refractivity contribution < 1.29 is 9.53 Å². The Kier molecular flexibility index (Phi) is 3.49. The third-order valence-corrected chi connectivity index (χ3v) is 1.75. The van der Waals surface area contributed by atoms with E-state index in [1.165, 1.54) is 0 Å². The highest BCUT2D eigenvalue weighted by Gasteiger charge is 2.13. The minimum atomic E-state index is -0.307. The lowest BCUT2D eigenvalue weighted by Crippen LogP contribution is -2.18. The van der Waals surface area contributed by atoms with Gasteiger partial charge in [0.15, 0.2) is 0 Å². The van der Waals surface area contributed by atoms with E-state index in [0.29, 0.717) is 18.7 Å². The van der Waals surface area contributed by atoms with Crippen LogP contribution in [0.2, 0.25) is 0 Å². The van der Waals surface area contributed by atoms with Gasteiger partial charge >= 0.3 is 5.97 Å². The number of allylic oxidation sites excluding steroid dienone is 1. The molecule has 1 heterocycles. The van der Waals surface area contributed by atoms with Crippen LogP contribution >= 0.6 is 0 Å². The Balaban J connectivity index is 2.78. The first kappa shape index (κ1) is 9.77. The van der Waals surface area contributed by atoms with E-state index in [4.69, 9.17) is 4.74 Å². The van der Waals surface area contributed by atoms with Crippen LogP contribution < -0.4 is 5.32 Å². The molecule has 1 aliphatic heterocycles. The molecule has 72 valence electrons. The highest BCUT2D eigenvalue weighted by Crippen LogP contribution is 2.03. The Labute approximate surface area is 77.7 Å². The number of hydrogen-bond acceptors (Lipinski definition) is 4. The van der Waals surface area contributed by atoms with Gasteiger partial charge in [-0.25, -0.2) is 4.79 Å². The highest BCUT2D eigenvalue weighted by atomic mass is 16.5. The Bertz CT molecular complexity index is 256. The van der Waals surface area contributed by atoms with E-state index in [9.17, 15) is 4.79 Å². The summed E-state index contributed by atoms with van der Waals surface area (Å²) in [5.74, 6) is -0.307. The molecule has 0 aromatic carbocycles. The molecule has 0 atom stereocenters. The molecule has 0 aliphatic carbocycles. The summed E-state index contributed by atoms with van der Waals surface area (Å²) in [4.78, 5) is 15.4. The first-order chi connectivity index (χ1) is 6.25. The van der Waals surface area contributed by atoms with Gasteiger partial charge in [0.05, 0.1) is 18.7 Å². The van der Waals surface area contributed by atoms with Gasteiger partial charge in [-0.05, 0) is 13.8 Å². The van der Waals surface area contributed by atoms with E-state index >= 15 is 0 Å². The van der Waals surface area contributed by atoms with Crippen LogP contribution in [0.5, 0.6) is 0 Å². The van der Waals surface area contributed by atoms with Crippen LogP contribution in [0.1, 0.15) is 13.8 Å². The van der Waals surface area contributed by atoms with Crippen LogP contribution in [-0.2, 0) is 9.53 Å². The Morgan fingerprint density at radius 2 is 2.54 bits per heavy atom. The zero-order chi connectivity index (χ0) is 9.68. The van der Waals surface area contributed by atoms with E-state index in [0.717, 1.165) is 12.2 Å². The summed E-state index contributed by atoms with van der Waals surface area (Å²) < 4.78 is 4.88. The maximum absolute atomic E-state index is 11.3. The van der Waals surface area contributed by atoms with Crippen LogP contribution in [0.15, 0.2) is 16.3 Å². The predicted molar refractivity (Wildman–Crippen MR) is 50.7 cm³/mol. The minimum Gasteiger partial charge on any atom is -0.462 e. The number of carbonyl (C=O) groups excluding carboxylic acids is 1. The first-order valence-electron chi connectivity index (χ1n) is 4.37. The fourth-order valence-electron chi connectivity index (χ4n) is 1.07.